The smallest absolute Gasteiger partial charge is 0.255 e. The monoisotopic (exact) mass is 292 g/mol. The van der Waals surface area contributed by atoms with Gasteiger partial charge in [-0.1, -0.05) is 18.7 Å². The molecule has 2 rings (SSSR count). The predicted octanol–water partition coefficient (Wildman–Crippen LogP) is 1.26. The fraction of sp³-hybridized carbons (Fsp3) is 0.286. The summed E-state index contributed by atoms with van der Waals surface area (Å²) in [5, 5.41) is 14.8. The van der Waals surface area contributed by atoms with Crippen LogP contribution in [0.25, 0.3) is 0 Å². The topological polar surface area (TPSA) is 78.4 Å². The number of hydrogen-bond donors (Lipinski definition) is 3. The fourth-order valence-electron chi connectivity index (χ4n) is 1.89. The van der Waals surface area contributed by atoms with Crippen LogP contribution in [0.3, 0.4) is 0 Å². The molecule has 1 aliphatic rings. The minimum atomic E-state index is -0.474. The van der Waals surface area contributed by atoms with Crippen LogP contribution in [-0.2, 0) is 4.79 Å². The number of thioether (sulfide) groups is 1. The van der Waals surface area contributed by atoms with E-state index in [2.05, 4.69) is 17.2 Å². The molecule has 6 heteroatoms. The van der Waals surface area contributed by atoms with Crippen LogP contribution < -0.4 is 10.6 Å². The summed E-state index contributed by atoms with van der Waals surface area (Å²) in [6, 6.07) is 6.18. The van der Waals surface area contributed by atoms with E-state index in [1.165, 1.54) is 12.1 Å². The van der Waals surface area contributed by atoms with Crippen molar-refractivity contribution in [3.8, 4) is 5.75 Å². The van der Waals surface area contributed by atoms with Crippen molar-refractivity contribution in [2.24, 2.45) is 0 Å². The predicted molar refractivity (Wildman–Crippen MR) is 78.6 cm³/mol. The lowest BCUT2D eigenvalue weighted by Crippen LogP contribution is -2.41. The van der Waals surface area contributed by atoms with Crippen molar-refractivity contribution in [3.63, 3.8) is 0 Å². The van der Waals surface area contributed by atoms with Crippen LogP contribution in [0.5, 0.6) is 5.75 Å². The van der Waals surface area contributed by atoms with Crippen LogP contribution in [-0.4, -0.2) is 35.3 Å². The number of phenols is 1. The van der Waals surface area contributed by atoms with Gasteiger partial charge in [0.25, 0.3) is 5.91 Å². The van der Waals surface area contributed by atoms with Crippen LogP contribution in [0.15, 0.2) is 35.7 Å². The first kappa shape index (κ1) is 14.5. The second-order valence-corrected chi connectivity index (χ2v) is 5.64. The highest BCUT2D eigenvalue weighted by atomic mass is 32.2. The van der Waals surface area contributed by atoms with Gasteiger partial charge in [-0.15, -0.1) is 11.8 Å². The van der Waals surface area contributed by atoms with Gasteiger partial charge in [0.2, 0.25) is 5.91 Å². The maximum atomic E-state index is 11.8. The highest BCUT2D eigenvalue weighted by molar-refractivity contribution is 8.03. The van der Waals surface area contributed by atoms with Gasteiger partial charge >= 0.3 is 0 Å². The van der Waals surface area contributed by atoms with Gasteiger partial charge < -0.3 is 15.7 Å². The number of rotatable bonds is 4. The standard InChI is InChI=1S/C14H16N2O3S/c1-9-11(6-7-20-9)16-13(18)8-15-14(19)10-4-2-3-5-12(10)17/h2-5,11,17H,1,6-8H2,(H,15,19)(H,16,18). The van der Waals surface area contributed by atoms with E-state index in [1.807, 2.05) is 0 Å². The third kappa shape index (κ3) is 3.54. The average Bonchev–Trinajstić information content (AvgIpc) is 2.82. The molecule has 0 saturated carbocycles. The number of amides is 2. The van der Waals surface area contributed by atoms with Crippen molar-refractivity contribution < 1.29 is 14.7 Å². The van der Waals surface area contributed by atoms with E-state index in [-0.39, 0.29) is 29.8 Å². The van der Waals surface area contributed by atoms with E-state index in [0.717, 1.165) is 17.1 Å². The summed E-state index contributed by atoms with van der Waals surface area (Å²) in [7, 11) is 0. The molecular weight excluding hydrogens is 276 g/mol. The molecule has 1 unspecified atom stereocenters. The number of para-hydroxylation sites is 1. The summed E-state index contributed by atoms with van der Waals surface area (Å²) in [4.78, 5) is 24.5. The van der Waals surface area contributed by atoms with Crippen LogP contribution >= 0.6 is 11.8 Å². The molecule has 5 nitrogen and oxygen atoms in total. The van der Waals surface area contributed by atoms with E-state index in [0.29, 0.717) is 0 Å². The molecule has 2 amide bonds. The molecule has 1 atom stereocenters. The van der Waals surface area contributed by atoms with Gasteiger partial charge in [0.15, 0.2) is 0 Å². The Morgan fingerprint density at radius 3 is 2.80 bits per heavy atom. The summed E-state index contributed by atoms with van der Waals surface area (Å²) >= 11 is 1.64. The van der Waals surface area contributed by atoms with Crippen molar-refractivity contribution in [1.82, 2.24) is 10.6 Å². The molecule has 0 bridgehead atoms. The van der Waals surface area contributed by atoms with Gasteiger partial charge in [0, 0.05) is 10.7 Å². The van der Waals surface area contributed by atoms with Gasteiger partial charge in [-0.2, -0.15) is 0 Å². The third-order valence-electron chi connectivity index (χ3n) is 2.98. The van der Waals surface area contributed by atoms with E-state index in [4.69, 9.17) is 0 Å². The summed E-state index contributed by atoms with van der Waals surface area (Å²) < 4.78 is 0. The van der Waals surface area contributed by atoms with E-state index in [1.54, 1.807) is 23.9 Å². The van der Waals surface area contributed by atoms with E-state index in [9.17, 15) is 14.7 Å². The maximum Gasteiger partial charge on any atom is 0.255 e. The molecule has 20 heavy (non-hydrogen) atoms. The molecule has 0 aliphatic carbocycles. The van der Waals surface area contributed by atoms with Crippen LogP contribution in [0.2, 0.25) is 0 Å². The SMILES string of the molecule is C=C1SCCC1NC(=O)CNC(=O)c1ccccc1O. The molecule has 106 valence electrons. The van der Waals surface area contributed by atoms with Crippen molar-refractivity contribution in [2.75, 3.05) is 12.3 Å². The minimum Gasteiger partial charge on any atom is -0.507 e. The molecule has 0 spiro atoms. The maximum absolute atomic E-state index is 11.8. The normalized spacial score (nSPS) is 17.8. The van der Waals surface area contributed by atoms with Crippen molar-refractivity contribution in [3.05, 3.63) is 41.3 Å². The number of carbonyl (C=O) groups excluding carboxylic acids is 2. The Labute approximate surface area is 121 Å². The number of aromatic hydroxyl groups is 1. The first-order chi connectivity index (χ1) is 9.58. The molecule has 1 aliphatic heterocycles. The Hall–Kier alpha value is -1.95. The van der Waals surface area contributed by atoms with Crippen molar-refractivity contribution >= 4 is 23.6 Å². The second-order valence-electron chi connectivity index (χ2n) is 4.42. The first-order valence-corrected chi connectivity index (χ1v) is 7.23. The quantitative estimate of drug-likeness (QED) is 0.780. The highest BCUT2D eigenvalue weighted by Gasteiger charge is 2.21. The zero-order valence-corrected chi connectivity index (χ0v) is 11.7. The molecular formula is C14H16N2O3S. The third-order valence-corrected chi connectivity index (χ3v) is 4.07. The molecule has 0 aromatic heterocycles. The Balaban J connectivity index is 1.83. The molecule has 1 heterocycles. The van der Waals surface area contributed by atoms with Crippen molar-refractivity contribution in [1.29, 1.82) is 0 Å². The molecule has 1 saturated heterocycles. The minimum absolute atomic E-state index is 0.0190. The lowest BCUT2D eigenvalue weighted by atomic mass is 10.2. The number of carbonyl (C=O) groups is 2. The average molecular weight is 292 g/mol. The van der Waals surface area contributed by atoms with Gasteiger partial charge in [-0.25, -0.2) is 0 Å². The van der Waals surface area contributed by atoms with Crippen molar-refractivity contribution in [2.45, 2.75) is 12.5 Å². The molecule has 0 radical (unpaired) electrons. The summed E-state index contributed by atoms with van der Waals surface area (Å²) in [5.41, 5.74) is 0.154. The molecule has 1 aromatic rings. The Morgan fingerprint density at radius 1 is 1.40 bits per heavy atom. The fourth-order valence-corrected chi connectivity index (χ4v) is 2.88. The van der Waals surface area contributed by atoms with Gasteiger partial charge in [0.1, 0.15) is 5.75 Å². The van der Waals surface area contributed by atoms with Gasteiger partial charge in [-0.05, 0) is 18.6 Å². The number of hydrogen-bond acceptors (Lipinski definition) is 4. The zero-order chi connectivity index (χ0) is 14.5. The van der Waals surface area contributed by atoms with Gasteiger partial charge in [0.05, 0.1) is 18.2 Å². The number of benzene rings is 1. The summed E-state index contributed by atoms with van der Waals surface area (Å²) in [6.45, 7) is 3.75. The summed E-state index contributed by atoms with van der Waals surface area (Å²) in [5.74, 6) is 0.111. The van der Waals surface area contributed by atoms with E-state index < -0.39 is 5.91 Å². The molecule has 3 N–H and O–H groups in total. The number of phenolic OH excluding ortho intramolecular Hbond substituents is 1. The Kier molecular flexibility index (Phi) is 4.68. The Morgan fingerprint density at radius 2 is 2.15 bits per heavy atom. The van der Waals surface area contributed by atoms with E-state index >= 15 is 0 Å². The lowest BCUT2D eigenvalue weighted by Gasteiger charge is -2.13. The summed E-state index contributed by atoms with van der Waals surface area (Å²) in [6.07, 6.45) is 0.864. The van der Waals surface area contributed by atoms with Crippen LogP contribution in [0.4, 0.5) is 0 Å². The molecule has 1 fully saturated rings. The Bertz CT molecular complexity index is 545. The molecule has 1 aromatic carbocycles. The first-order valence-electron chi connectivity index (χ1n) is 6.25. The highest BCUT2D eigenvalue weighted by Crippen LogP contribution is 2.28. The zero-order valence-electron chi connectivity index (χ0n) is 10.9. The number of nitrogens with one attached hydrogen (secondary N) is 2. The largest absolute Gasteiger partial charge is 0.507 e. The van der Waals surface area contributed by atoms with Gasteiger partial charge in [-0.3, -0.25) is 9.59 Å². The van der Waals surface area contributed by atoms with Crippen LogP contribution in [0.1, 0.15) is 16.8 Å². The lowest BCUT2D eigenvalue weighted by molar-refractivity contribution is -0.120. The van der Waals surface area contributed by atoms with Crippen LogP contribution in [0, 0.1) is 0 Å². The second kappa shape index (κ2) is 6.47.